The molecule has 10 aromatic carbocycles. The lowest BCUT2D eigenvalue weighted by Crippen LogP contribution is -2.16. The van der Waals surface area contributed by atoms with Gasteiger partial charge in [0.25, 0.3) is 0 Å². The third-order valence-corrected chi connectivity index (χ3v) is 16.0. The summed E-state index contributed by atoms with van der Waals surface area (Å²) in [6.45, 7) is 15.3. The average molecular weight is 972 g/mol. The monoisotopic (exact) mass is 971 g/mol. The SMILES string of the molecule is C=C1/C(=C\C=C/C)c2ccc(N(c3ccc(-c4ccc5c(c4)Sc4ccccc4N5c4ccc(-c5ccc6c(c5)c5ccccc5n6-c5ccccc5)cc4)cc3)c3cccc4ccccc34)cc2C1(C)C.CC. The van der Waals surface area contributed by atoms with Gasteiger partial charge in [-0.3, -0.25) is 0 Å². The van der Waals surface area contributed by atoms with Crippen LogP contribution in [-0.2, 0) is 5.41 Å². The minimum absolute atomic E-state index is 0.208. The van der Waals surface area contributed by atoms with Gasteiger partial charge < -0.3 is 14.4 Å². The smallest absolute Gasteiger partial charge is 0.0602 e. The summed E-state index contributed by atoms with van der Waals surface area (Å²) in [5, 5.41) is 4.92. The molecule has 1 aliphatic heterocycles. The first kappa shape index (κ1) is 46.5. The van der Waals surface area contributed by atoms with Crippen LogP contribution in [0.25, 0.3) is 66.1 Å². The summed E-state index contributed by atoms with van der Waals surface area (Å²) in [6.07, 6.45) is 6.40. The maximum atomic E-state index is 4.60. The van der Waals surface area contributed by atoms with Crippen molar-refractivity contribution in [3.05, 3.63) is 266 Å². The van der Waals surface area contributed by atoms with Gasteiger partial charge in [0.1, 0.15) is 0 Å². The first-order valence-corrected chi connectivity index (χ1v) is 26.6. The van der Waals surface area contributed by atoms with Gasteiger partial charge in [0.05, 0.1) is 28.1 Å². The van der Waals surface area contributed by atoms with Gasteiger partial charge in [0.15, 0.2) is 0 Å². The van der Waals surface area contributed by atoms with Gasteiger partial charge in [-0.05, 0) is 154 Å². The topological polar surface area (TPSA) is 11.4 Å². The van der Waals surface area contributed by atoms with Crippen molar-refractivity contribution in [1.82, 2.24) is 4.57 Å². The molecule has 0 radical (unpaired) electrons. The molecule has 0 spiro atoms. The van der Waals surface area contributed by atoms with E-state index < -0.39 is 0 Å². The van der Waals surface area contributed by atoms with Crippen molar-refractivity contribution < 1.29 is 0 Å². The maximum absolute atomic E-state index is 4.60. The normalized spacial score (nSPS) is 14.0. The minimum Gasteiger partial charge on any atom is -0.310 e. The zero-order valence-electron chi connectivity index (χ0n) is 42.6. The molecule has 74 heavy (non-hydrogen) atoms. The Kier molecular flexibility index (Phi) is 12.0. The van der Waals surface area contributed by atoms with Crippen LogP contribution in [0.15, 0.2) is 265 Å². The summed E-state index contributed by atoms with van der Waals surface area (Å²) < 4.78 is 2.37. The summed E-state index contributed by atoms with van der Waals surface area (Å²) in [7, 11) is 0. The van der Waals surface area contributed by atoms with Gasteiger partial charge in [0, 0.05) is 54.1 Å². The molecule has 0 bridgehead atoms. The number of anilines is 6. The second-order valence-electron chi connectivity index (χ2n) is 19.4. The van der Waals surface area contributed by atoms with Crippen molar-refractivity contribution >= 4 is 84.0 Å². The predicted molar refractivity (Wildman–Crippen MR) is 319 cm³/mol. The molecule has 1 aromatic heterocycles. The van der Waals surface area contributed by atoms with E-state index in [1.807, 2.05) is 25.6 Å². The Morgan fingerprint density at radius 2 is 1.12 bits per heavy atom. The third-order valence-electron chi connectivity index (χ3n) is 14.9. The van der Waals surface area contributed by atoms with Crippen molar-refractivity contribution in [2.24, 2.45) is 0 Å². The first-order valence-electron chi connectivity index (χ1n) is 25.8. The van der Waals surface area contributed by atoms with Gasteiger partial charge in [-0.25, -0.2) is 0 Å². The number of para-hydroxylation sites is 3. The third kappa shape index (κ3) is 7.85. The van der Waals surface area contributed by atoms with E-state index in [4.69, 9.17) is 0 Å². The Hall–Kier alpha value is -8.57. The number of fused-ring (bicyclic) bond motifs is 7. The highest BCUT2D eigenvalue weighted by atomic mass is 32.2. The van der Waals surface area contributed by atoms with Crippen molar-refractivity contribution in [3.63, 3.8) is 0 Å². The van der Waals surface area contributed by atoms with E-state index in [0.717, 1.165) is 28.3 Å². The zero-order chi connectivity index (χ0) is 50.5. The molecule has 0 N–H and O–H groups in total. The molecule has 0 fully saturated rings. The summed E-state index contributed by atoms with van der Waals surface area (Å²) in [6, 6.07) is 82.4. The molecule has 2 heterocycles. The second kappa shape index (κ2) is 19.1. The Labute approximate surface area is 439 Å². The Morgan fingerprint density at radius 1 is 0.500 bits per heavy atom. The first-order chi connectivity index (χ1) is 36.3. The van der Waals surface area contributed by atoms with Crippen LogP contribution in [0.2, 0.25) is 0 Å². The lowest BCUT2D eigenvalue weighted by atomic mass is 9.83. The van der Waals surface area contributed by atoms with E-state index in [1.165, 1.54) is 98.4 Å². The van der Waals surface area contributed by atoms with Crippen molar-refractivity contribution in [1.29, 1.82) is 0 Å². The van der Waals surface area contributed by atoms with Crippen molar-refractivity contribution in [2.45, 2.75) is 49.8 Å². The van der Waals surface area contributed by atoms with E-state index in [1.54, 1.807) is 0 Å². The Bertz CT molecular complexity index is 4000. The molecule has 0 atom stereocenters. The van der Waals surface area contributed by atoms with E-state index in [0.29, 0.717) is 0 Å². The number of benzene rings is 10. The maximum Gasteiger partial charge on any atom is 0.0602 e. The highest BCUT2D eigenvalue weighted by Gasteiger charge is 2.37. The molecular formula is C70H57N3S. The Morgan fingerprint density at radius 3 is 1.92 bits per heavy atom. The number of nitrogens with zero attached hydrogens (tertiary/aromatic N) is 3. The Balaban J connectivity index is 0.00000275. The molecule has 358 valence electrons. The van der Waals surface area contributed by atoms with E-state index in [9.17, 15) is 0 Å². The van der Waals surface area contributed by atoms with E-state index >= 15 is 0 Å². The largest absolute Gasteiger partial charge is 0.310 e. The van der Waals surface area contributed by atoms with Crippen molar-refractivity contribution in [3.8, 4) is 27.9 Å². The fourth-order valence-corrected chi connectivity index (χ4v) is 12.2. The van der Waals surface area contributed by atoms with Crippen LogP contribution in [0.4, 0.5) is 34.1 Å². The number of allylic oxidation sites excluding steroid dienone is 5. The molecule has 1 aliphatic carbocycles. The van der Waals surface area contributed by atoms with E-state index in [2.05, 4.69) is 284 Å². The molecular weight excluding hydrogens is 915 g/mol. The lowest BCUT2D eigenvalue weighted by molar-refractivity contribution is 0.663. The molecule has 0 saturated carbocycles. The standard InChI is InChI=1S/C68H51N3S.C2H6/c1-5-6-21-55-45(2)68(3,4)60-44-54(38-39-57(55)60)69(61-26-16-18-48-17-10-11-22-56(48)61)52-34-28-47(29-35-52)50-33-41-65-67(43-50)72-66-27-15-14-25-64(66)71(65)53-36-30-46(31-37-53)49-32-40-63-59(42-49)58-23-12-13-24-62(58)70(63)51-19-8-7-9-20-51;1-2/h5-44H,2H2,1,3-4H3;1-2H3/b6-5-,55-21+;. The molecule has 0 saturated heterocycles. The predicted octanol–water partition coefficient (Wildman–Crippen LogP) is 20.5. The number of hydrogen-bond donors (Lipinski definition) is 0. The molecule has 13 rings (SSSR count). The summed E-state index contributed by atoms with van der Waals surface area (Å²) in [5.74, 6) is 0. The van der Waals surface area contributed by atoms with Gasteiger partial charge in [-0.15, -0.1) is 0 Å². The molecule has 2 aliphatic rings. The summed E-state index contributed by atoms with van der Waals surface area (Å²) in [4.78, 5) is 7.30. The van der Waals surface area contributed by atoms with Gasteiger partial charge >= 0.3 is 0 Å². The number of hydrogen-bond acceptors (Lipinski definition) is 3. The lowest BCUT2D eigenvalue weighted by Gasteiger charge is -2.33. The highest BCUT2D eigenvalue weighted by Crippen LogP contribution is 2.54. The van der Waals surface area contributed by atoms with E-state index in [-0.39, 0.29) is 5.41 Å². The van der Waals surface area contributed by atoms with Crippen LogP contribution in [0.1, 0.15) is 45.7 Å². The molecule has 0 amide bonds. The van der Waals surface area contributed by atoms with Crippen LogP contribution in [0.3, 0.4) is 0 Å². The van der Waals surface area contributed by atoms with Crippen LogP contribution in [0.5, 0.6) is 0 Å². The fraction of sp³-hybridized carbons (Fsp3) is 0.0857. The molecule has 11 aromatic rings. The van der Waals surface area contributed by atoms with Crippen LogP contribution in [0, 0.1) is 0 Å². The van der Waals surface area contributed by atoms with Gasteiger partial charge in [-0.1, -0.05) is 192 Å². The fourth-order valence-electron chi connectivity index (χ4n) is 11.1. The molecule has 3 nitrogen and oxygen atoms in total. The summed E-state index contributed by atoms with van der Waals surface area (Å²) >= 11 is 1.84. The van der Waals surface area contributed by atoms with Crippen LogP contribution < -0.4 is 9.80 Å². The van der Waals surface area contributed by atoms with Crippen LogP contribution in [-0.4, -0.2) is 4.57 Å². The highest BCUT2D eigenvalue weighted by molar-refractivity contribution is 7.99. The number of rotatable bonds is 8. The van der Waals surface area contributed by atoms with Crippen molar-refractivity contribution in [2.75, 3.05) is 9.80 Å². The molecule has 4 heteroatoms. The summed E-state index contributed by atoms with van der Waals surface area (Å²) in [5.41, 5.74) is 19.9. The van der Waals surface area contributed by atoms with Gasteiger partial charge in [0.2, 0.25) is 0 Å². The molecule has 0 unspecified atom stereocenters. The number of aromatic nitrogens is 1. The quantitative estimate of drug-likeness (QED) is 0.150. The zero-order valence-corrected chi connectivity index (χ0v) is 43.4. The minimum atomic E-state index is -0.208. The van der Waals surface area contributed by atoms with Crippen LogP contribution >= 0.6 is 11.8 Å². The van der Waals surface area contributed by atoms with Gasteiger partial charge in [-0.2, -0.15) is 0 Å². The average Bonchev–Trinajstić information content (AvgIpc) is 3.89. The second-order valence-corrected chi connectivity index (χ2v) is 20.5.